The second-order valence-corrected chi connectivity index (χ2v) is 7.21. The monoisotopic (exact) mass is 289 g/mol. The molecule has 1 rings (SSSR count). The Morgan fingerprint density at radius 1 is 1.33 bits per heavy atom. The van der Waals surface area contributed by atoms with Crippen LogP contribution in [0.1, 0.15) is 31.2 Å². The lowest BCUT2D eigenvalue weighted by Crippen LogP contribution is -2.15. The maximum atomic E-state index is 11.4. The first kappa shape index (κ1) is 15.5. The standard InChI is InChI=1S/C13H20ClNO2S/c1-2-18(16,17)9-5-6-11(10-15)12-7-3-4-8-13(12)14/h3-4,7-8,11H,2,5-6,9-10,15H2,1H3. The molecule has 5 heteroatoms. The second-order valence-electron chi connectivity index (χ2n) is 4.33. The number of rotatable bonds is 7. The molecule has 1 unspecified atom stereocenters. The van der Waals surface area contributed by atoms with Crippen LogP contribution < -0.4 is 5.73 Å². The zero-order valence-electron chi connectivity index (χ0n) is 10.6. The van der Waals surface area contributed by atoms with E-state index in [1.165, 1.54) is 0 Å². The molecule has 0 saturated heterocycles. The third kappa shape index (κ3) is 4.59. The third-order valence-electron chi connectivity index (χ3n) is 3.08. The van der Waals surface area contributed by atoms with E-state index in [1.54, 1.807) is 6.92 Å². The molecule has 1 aromatic rings. The maximum absolute atomic E-state index is 11.4. The van der Waals surface area contributed by atoms with Crippen LogP contribution in [0.25, 0.3) is 0 Å². The van der Waals surface area contributed by atoms with Crippen LogP contribution in [-0.2, 0) is 9.84 Å². The Morgan fingerprint density at radius 3 is 2.56 bits per heavy atom. The fraction of sp³-hybridized carbons (Fsp3) is 0.538. The molecule has 0 fully saturated rings. The molecule has 0 aliphatic heterocycles. The van der Waals surface area contributed by atoms with Crippen molar-refractivity contribution >= 4 is 21.4 Å². The minimum absolute atomic E-state index is 0.130. The molecule has 0 spiro atoms. The van der Waals surface area contributed by atoms with Crippen LogP contribution in [0.2, 0.25) is 5.02 Å². The lowest BCUT2D eigenvalue weighted by atomic mass is 9.95. The van der Waals surface area contributed by atoms with E-state index in [4.69, 9.17) is 17.3 Å². The van der Waals surface area contributed by atoms with Crippen LogP contribution >= 0.6 is 11.6 Å². The summed E-state index contributed by atoms with van der Waals surface area (Å²) < 4.78 is 22.8. The minimum Gasteiger partial charge on any atom is -0.330 e. The van der Waals surface area contributed by atoms with E-state index in [0.29, 0.717) is 18.0 Å². The third-order valence-corrected chi connectivity index (χ3v) is 5.21. The molecule has 1 atom stereocenters. The molecule has 102 valence electrons. The van der Waals surface area contributed by atoms with Gasteiger partial charge in [-0.25, -0.2) is 8.42 Å². The number of benzene rings is 1. The van der Waals surface area contributed by atoms with Crippen molar-refractivity contribution in [2.45, 2.75) is 25.7 Å². The molecule has 0 amide bonds. The predicted molar refractivity (Wildman–Crippen MR) is 76.8 cm³/mol. The average Bonchev–Trinajstić information content (AvgIpc) is 2.36. The quantitative estimate of drug-likeness (QED) is 0.839. The van der Waals surface area contributed by atoms with Gasteiger partial charge >= 0.3 is 0 Å². The number of hydrogen-bond acceptors (Lipinski definition) is 3. The van der Waals surface area contributed by atoms with Crippen LogP contribution in [-0.4, -0.2) is 26.5 Å². The number of hydrogen-bond donors (Lipinski definition) is 1. The van der Waals surface area contributed by atoms with Gasteiger partial charge in [0, 0.05) is 10.8 Å². The molecule has 0 radical (unpaired) electrons. The smallest absolute Gasteiger partial charge is 0.150 e. The first-order chi connectivity index (χ1) is 8.50. The fourth-order valence-electron chi connectivity index (χ4n) is 1.90. The Morgan fingerprint density at radius 2 is 2.00 bits per heavy atom. The topological polar surface area (TPSA) is 60.2 Å². The van der Waals surface area contributed by atoms with Gasteiger partial charge in [0.05, 0.1) is 5.75 Å². The Kier molecular flexibility index (Phi) is 6.12. The Labute approximate surface area is 114 Å². The van der Waals surface area contributed by atoms with Crippen molar-refractivity contribution < 1.29 is 8.42 Å². The van der Waals surface area contributed by atoms with Gasteiger partial charge in [-0.05, 0) is 36.9 Å². The molecule has 3 nitrogen and oxygen atoms in total. The lowest BCUT2D eigenvalue weighted by molar-refractivity contribution is 0.581. The van der Waals surface area contributed by atoms with Gasteiger partial charge in [-0.2, -0.15) is 0 Å². The van der Waals surface area contributed by atoms with Crippen molar-refractivity contribution in [3.63, 3.8) is 0 Å². The highest BCUT2D eigenvalue weighted by Gasteiger charge is 2.14. The van der Waals surface area contributed by atoms with Crippen molar-refractivity contribution in [3.8, 4) is 0 Å². The van der Waals surface area contributed by atoms with E-state index in [-0.39, 0.29) is 17.4 Å². The lowest BCUT2D eigenvalue weighted by Gasteiger charge is -2.16. The van der Waals surface area contributed by atoms with Crippen LogP contribution in [0.5, 0.6) is 0 Å². The minimum atomic E-state index is -2.89. The van der Waals surface area contributed by atoms with E-state index in [9.17, 15) is 8.42 Å². The fourth-order valence-corrected chi connectivity index (χ4v) is 3.09. The molecule has 1 aromatic carbocycles. The second kappa shape index (κ2) is 7.12. The molecule has 0 aliphatic rings. The maximum Gasteiger partial charge on any atom is 0.150 e. The van der Waals surface area contributed by atoms with E-state index in [0.717, 1.165) is 12.0 Å². The molecule has 0 heterocycles. The van der Waals surface area contributed by atoms with Crippen molar-refractivity contribution in [3.05, 3.63) is 34.9 Å². The van der Waals surface area contributed by atoms with Gasteiger partial charge in [-0.3, -0.25) is 0 Å². The average molecular weight is 290 g/mol. The molecular formula is C13H20ClNO2S. The highest BCUT2D eigenvalue weighted by molar-refractivity contribution is 7.91. The zero-order chi connectivity index (χ0) is 13.6. The van der Waals surface area contributed by atoms with Gasteiger partial charge in [0.25, 0.3) is 0 Å². The van der Waals surface area contributed by atoms with Crippen molar-refractivity contribution in [2.75, 3.05) is 18.1 Å². The largest absolute Gasteiger partial charge is 0.330 e. The van der Waals surface area contributed by atoms with Gasteiger partial charge in [-0.15, -0.1) is 0 Å². The van der Waals surface area contributed by atoms with Gasteiger partial charge in [0.15, 0.2) is 0 Å². The predicted octanol–water partition coefficient (Wildman–Crippen LogP) is 2.60. The SMILES string of the molecule is CCS(=O)(=O)CCCC(CN)c1ccccc1Cl. The molecule has 0 bridgehead atoms. The summed E-state index contributed by atoms with van der Waals surface area (Å²) in [6.45, 7) is 2.15. The molecule has 0 aromatic heterocycles. The summed E-state index contributed by atoms with van der Waals surface area (Å²) >= 11 is 6.12. The highest BCUT2D eigenvalue weighted by atomic mass is 35.5. The number of halogens is 1. The number of nitrogens with two attached hydrogens (primary N) is 1. The molecule has 0 saturated carbocycles. The van der Waals surface area contributed by atoms with Crippen LogP contribution in [0, 0.1) is 0 Å². The van der Waals surface area contributed by atoms with E-state index >= 15 is 0 Å². The zero-order valence-corrected chi connectivity index (χ0v) is 12.2. The van der Waals surface area contributed by atoms with E-state index in [1.807, 2.05) is 24.3 Å². The molecule has 18 heavy (non-hydrogen) atoms. The Balaban J connectivity index is 2.61. The van der Waals surface area contributed by atoms with Crippen molar-refractivity contribution in [1.29, 1.82) is 0 Å². The van der Waals surface area contributed by atoms with Gasteiger partial charge in [0.1, 0.15) is 9.84 Å². The molecule has 0 aliphatic carbocycles. The van der Waals surface area contributed by atoms with Gasteiger partial charge in [0.2, 0.25) is 0 Å². The van der Waals surface area contributed by atoms with E-state index < -0.39 is 9.84 Å². The summed E-state index contributed by atoms with van der Waals surface area (Å²) in [6, 6.07) is 7.59. The van der Waals surface area contributed by atoms with Crippen molar-refractivity contribution in [1.82, 2.24) is 0 Å². The van der Waals surface area contributed by atoms with Gasteiger partial charge in [-0.1, -0.05) is 36.7 Å². The van der Waals surface area contributed by atoms with Crippen molar-refractivity contribution in [2.24, 2.45) is 5.73 Å². The highest BCUT2D eigenvalue weighted by Crippen LogP contribution is 2.27. The first-order valence-corrected chi connectivity index (χ1v) is 8.35. The number of sulfone groups is 1. The van der Waals surface area contributed by atoms with Gasteiger partial charge < -0.3 is 5.73 Å². The summed E-state index contributed by atoms with van der Waals surface area (Å²) in [6.07, 6.45) is 1.38. The first-order valence-electron chi connectivity index (χ1n) is 6.15. The summed E-state index contributed by atoms with van der Waals surface area (Å²) in [5.74, 6) is 0.558. The van der Waals surface area contributed by atoms with Crippen LogP contribution in [0.15, 0.2) is 24.3 Å². The van der Waals surface area contributed by atoms with Crippen LogP contribution in [0.4, 0.5) is 0 Å². The normalized spacial score (nSPS) is 13.5. The Bertz CT molecular complexity index is 474. The molecule has 2 N–H and O–H groups in total. The Hall–Kier alpha value is -0.580. The van der Waals surface area contributed by atoms with Crippen LogP contribution in [0.3, 0.4) is 0 Å². The van der Waals surface area contributed by atoms with E-state index in [2.05, 4.69) is 0 Å². The summed E-state index contributed by atoms with van der Waals surface area (Å²) in [5.41, 5.74) is 6.76. The molecular weight excluding hydrogens is 270 g/mol. The summed E-state index contributed by atoms with van der Waals surface area (Å²) in [7, 11) is -2.89. The summed E-state index contributed by atoms with van der Waals surface area (Å²) in [5, 5.41) is 0.700. The summed E-state index contributed by atoms with van der Waals surface area (Å²) in [4.78, 5) is 0.